The van der Waals surface area contributed by atoms with Crippen molar-refractivity contribution in [2.75, 3.05) is 6.61 Å². The van der Waals surface area contributed by atoms with Crippen molar-refractivity contribution < 1.29 is 9.53 Å². The van der Waals surface area contributed by atoms with Crippen molar-refractivity contribution in [3.05, 3.63) is 28.7 Å². The van der Waals surface area contributed by atoms with Crippen LogP contribution in [0.2, 0.25) is 0 Å². The van der Waals surface area contributed by atoms with Crippen molar-refractivity contribution in [2.24, 2.45) is 23.7 Å². The van der Waals surface area contributed by atoms with Gasteiger partial charge in [0, 0.05) is 10.4 Å². The van der Waals surface area contributed by atoms with Gasteiger partial charge in [-0.2, -0.15) is 0 Å². The van der Waals surface area contributed by atoms with E-state index < -0.39 is 0 Å². The van der Waals surface area contributed by atoms with Crippen molar-refractivity contribution in [1.29, 1.82) is 0 Å². The molecule has 0 amide bonds. The average Bonchev–Trinajstić information content (AvgIpc) is 3.06. The second kappa shape index (κ2) is 5.88. The lowest BCUT2D eigenvalue weighted by Gasteiger charge is -2.26. The zero-order valence-electron chi connectivity index (χ0n) is 11.8. The molecule has 0 aromatic heterocycles. The van der Waals surface area contributed by atoms with Crippen LogP contribution in [0.3, 0.4) is 0 Å². The first-order valence-electron chi connectivity index (χ1n) is 7.54. The molecule has 0 saturated heterocycles. The van der Waals surface area contributed by atoms with Crippen LogP contribution < -0.4 is 4.74 Å². The van der Waals surface area contributed by atoms with Gasteiger partial charge in [-0.15, -0.1) is 0 Å². The standard InChI is InChI=1S/C17H21BrO2/c1-11(16-8-12-5-6-13(16)7-12)17(19)10-20-15-4-2-3-14(18)9-15/h2-4,9,11-13,16H,5-8,10H2,1H3/t11-,12+,13-,16-/m0/s1. The number of hydrogen-bond acceptors (Lipinski definition) is 2. The molecule has 0 heterocycles. The summed E-state index contributed by atoms with van der Waals surface area (Å²) in [5, 5.41) is 0. The molecule has 0 N–H and O–H groups in total. The van der Waals surface area contributed by atoms with Crippen LogP contribution in [0.1, 0.15) is 32.6 Å². The maximum Gasteiger partial charge on any atom is 0.173 e. The van der Waals surface area contributed by atoms with Crippen molar-refractivity contribution in [3.8, 4) is 5.75 Å². The molecule has 3 rings (SSSR count). The molecule has 2 nitrogen and oxygen atoms in total. The van der Waals surface area contributed by atoms with E-state index >= 15 is 0 Å². The summed E-state index contributed by atoms with van der Waals surface area (Å²) in [6, 6.07) is 7.66. The van der Waals surface area contributed by atoms with Gasteiger partial charge in [-0.1, -0.05) is 35.3 Å². The van der Waals surface area contributed by atoms with Gasteiger partial charge in [-0.3, -0.25) is 4.79 Å². The van der Waals surface area contributed by atoms with E-state index in [-0.39, 0.29) is 18.3 Å². The van der Waals surface area contributed by atoms with Gasteiger partial charge in [0.2, 0.25) is 0 Å². The molecule has 20 heavy (non-hydrogen) atoms. The number of rotatable bonds is 5. The van der Waals surface area contributed by atoms with Gasteiger partial charge in [-0.05, 0) is 55.2 Å². The Bertz CT molecular complexity index is 500. The molecule has 108 valence electrons. The molecule has 2 aliphatic rings. The van der Waals surface area contributed by atoms with E-state index in [9.17, 15) is 4.79 Å². The summed E-state index contributed by atoms with van der Waals surface area (Å²) < 4.78 is 6.61. The minimum atomic E-state index is 0.150. The van der Waals surface area contributed by atoms with Gasteiger partial charge in [0.25, 0.3) is 0 Å². The van der Waals surface area contributed by atoms with Crippen molar-refractivity contribution >= 4 is 21.7 Å². The molecular formula is C17H21BrO2. The second-order valence-electron chi connectivity index (χ2n) is 6.34. The van der Waals surface area contributed by atoms with E-state index in [4.69, 9.17) is 4.74 Å². The maximum atomic E-state index is 12.3. The highest BCUT2D eigenvalue weighted by atomic mass is 79.9. The van der Waals surface area contributed by atoms with Crippen LogP contribution in [0.25, 0.3) is 0 Å². The van der Waals surface area contributed by atoms with Crippen LogP contribution in [-0.4, -0.2) is 12.4 Å². The summed E-state index contributed by atoms with van der Waals surface area (Å²) in [5.74, 6) is 3.45. The van der Waals surface area contributed by atoms with Crippen molar-refractivity contribution in [1.82, 2.24) is 0 Å². The van der Waals surface area contributed by atoms with Gasteiger partial charge >= 0.3 is 0 Å². The lowest BCUT2D eigenvalue weighted by atomic mass is 9.78. The summed E-state index contributed by atoms with van der Waals surface area (Å²) in [4.78, 5) is 12.3. The minimum Gasteiger partial charge on any atom is -0.486 e. The fraction of sp³-hybridized carbons (Fsp3) is 0.588. The molecule has 1 aromatic carbocycles. The second-order valence-corrected chi connectivity index (χ2v) is 7.26. The molecule has 2 fully saturated rings. The van der Waals surface area contributed by atoms with Crippen LogP contribution in [-0.2, 0) is 4.79 Å². The van der Waals surface area contributed by atoms with Gasteiger partial charge in [0.1, 0.15) is 12.4 Å². The van der Waals surface area contributed by atoms with Crippen LogP contribution in [0.5, 0.6) is 5.75 Å². The highest BCUT2D eigenvalue weighted by molar-refractivity contribution is 9.10. The van der Waals surface area contributed by atoms with Crippen LogP contribution in [0.4, 0.5) is 0 Å². The fourth-order valence-corrected chi connectivity index (χ4v) is 4.37. The summed E-state index contributed by atoms with van der Waals surface area (Å²) in [6.07, 6.45) is 5.33. The number of ketones is 1. The zero-order chi connectivity index (χ0) is 14.1. The molecule has 3 heteroatoms. The van der Waals surface area contributed by atoms with Crippen molar-refractivity contribution in [2.45, 2.75) is 32.6 Å². The Hall–Kier alpha value is -0.830. The minimum absolute atomic E-state index is 0.150. The summed E-state index contributed by atoms with van der Waals surface area (Å²) >= 11 is 3.41. The lowest BCUT2D eigenvalue weighted by Crippen LogP contribution is -2.29. The molecule has 0 radical (unpaired) electrons. The highest BCUT2D eigenvalue weighted by Crippen LogP contribution is 2.51. The number of carbonyl (C=O) groups is 1. The lowest BCUT2D eigenvalue weighted by molar-refractivity contribution is -0.126. The molecule has 0 unspecified atom stereocenters. The Morgan fingerprint density at radius 3 is 2.90 bits per heavy atom. The Morgan fingerprint density at radius 1 is 1.40 bits per heavy atom. The van der Waals surface area contributed by atoms with Crippen molar-refractivity contribution in [3.63, 3.8) is 0 Å². The van der Waals surface area contributed by atoms with Crippen LogP contribution in [0.15, 0.2) is 28.7 Å². The number of hydrogen-bond donors (Lipinski definition) is 0. The summed E-state index contributed by atoms with van der Waals surface area (Å²) in [6.45, 7) is 2.30. The van der Waals surface area contributed by atoms with E-state index in [0.717, 1.165) is 22.1 Å². The molecule has 1 aromatic rings. The first kappa shape index (κ1) is 14.1. The molecular weight excluding hydrogens is 316 g/mol. The quantitative estimate of drug-likeness (QED) is 0.792. The Labute approximate surface area is 129 Å². The Balaban J connectivity index is 1.54. The summed E-state index contributed by atoms with van der Waals surface area (Å²) in [5.41, 5.74) is 0. The summed E-state index contributed by atoms with van der Waals surface area (Å²) in [7, 11) is 0. The third-order valence-corrected chi connectivity index (χ3v) is 5.61. The number of Topliss-reactive ketones (excluding diaryl/α,β-unsaturated/α-hetero) is 1. The normalized spacial score (nSPS) is 29.4. The SMILES string of the molecule is C[C@H](C(=O)COc1cccc(Br)c1)[C@@H]1C[C@@H]2CC[C@H]1C2. The van der Waals surface area contributed by atoms with E-state index in [1.54, 1.807) is 0 Å². The van der Waals surface area contributed by atoms with Crippen LogP contribution >= 0.6 is 15.9 Å². The predicted molar refractivity (Wildman–Crippen MR) is 82.7 cm³/mol. The highest BCUT2D eigenvalue weighted by Gasteiger charge is 2.43. The number of carbonyl (C=O) groups excluding carboxylic acids is 1. The molecule has 2 bridgehead atoms. The topological polar surface area (TPSA) is 26.3 Å². The van der Waals surface area contributed by atoms with Crippen LogP contribution in [0, 0.1) is 23.7 Å². The van der Waals surface area contributed by atoms with Gasteiger partial charge in [0.15, 0.2) is 5.78 Å². The fourth-order valence-electron chi connectivity index (χ4n) is 3.99. The molecule has 2 saturated carbocycles. The van der Waals surface area contributed by atoms with E-state index in [1.807, 2.05) is 24.3 Å². The Kier molecular flexibility index (Phi) is 4.16. The predicted octanol–water partition coefficient (Wildman–Crippen LogP) is 4.47. The molecule has 0 spiro atoms. The van der Waals surface area contributed by atoms with Gasteiger partial charge < -0.3 is 4.74 Å². The first-order valence-corrected chi connectivity index (χ1v) is 8.34. The van der Waals surface area contributed by atoms with Gasteiger partial charge in [-0.25, -0.2) is 0 Å². The number of fused-ring (bicyclic) bond motifs is 2. The first-order chi connectivity index (χ1) is 9.63. The van der Waals surface area contributed by atoms with E-state index in [2.05, 4.69) is 22.9 Å². The molecule has 0 aliphatic heterocycles. The van der Waals surface area contributed by atoms with E-state index in [1.165, 1.54) is 25.7 Å². The number of ether oxygens (including phenoxy) is 1. The monoisotopic (exact) mass is 336 g/mol. The zero-order valence-corrected chi connectivity index (χ0v) is 13.4. The maximum absolute atomic E-state index is 12.3. The largest absolute Gasteiger partial charge is 0.486 e. The third kappa shape index (κ3) is 2.93. The van der Waals surface area contributed by atoms with Gasteiger partial charge in [0.05, 0.1) is 0 Å². The number of benzene rings is 1. The van der Waals surface area contributed by atoms with E-state index in [0.29, 0.717) is 5.92 Å². The molecule has 4 atom stereocenters. The molecule has 2 aliphatic carbocycles. The third-order valence-electron chi connectivity index (χ3n) is 5.12. The smallest absolute Gasteiger partial charge is 0.173 e. The Morgan fingerprint density at radius 2 is 2.25 bits per heavy atom. The number of halogens is 1. The average molecular weight is 337 g/mol.